The zero-order chi connectivity index (χ0) is 20.5. The summed E-state index contributed by atoms with van der Waals surface area (Å²) in [4.78, 5) is 26.5. The van der Waals surface area contributed by atoms with Crippen molar-refractivity contribution < 1.29 is 14.3 Å². The van der Waals surface area contributed by atoms with E-state index in [1.165, 1.54) is 24.9 Å². The molecule has 154 valence electrons. The van der Waals surface area contributed by atoms with E-state index in [-0.39, 0.29) is 18.4 Å². The Labute approximate surface area is 172 Å². The number of aryl methyl sites for hydroxylation is 1. The van der Waals surface area contributed by atoms with Crippen LogP contribution in [0.15, 0.2) is 48.5 Å². The largest absolute Gasteiger partial charge is 0.497 e. The number of benzene rings is 2. The number of anilines is 2. The lowest BCUT2D eigenvalue weighted by Crippen LogP contribution is -2.33. The van der Waals surface area contributed by atoms with Gasteiger partial charge in [-0.2, -0.15) is 0 Å². The maximum Gasteiger partial charge on any atom is 0.243 e. The zero-order valence-corrected chi connectivity index (χ0v) is 16.9. The van der Waals surface area contributed by atoms with Gasteiger partial charge in [0.15, 0.2) is 0 Å². The number of methoxy groups -OCH3 is 1. The Morgan fingerprint density at radius 1 is 1.00 bits per heavy atom. The fourth-order valence-electron chi connectivity index (χ4n) is 3.47. The van der Waals surface area contributed by atoms with E-state index < -0.39 is 0 Å². The van der Waals surface area contributed by atoms with Gasteiger partial charge in [0.2, 0.25) is 11.8 Å². The molecule has 0 saturated carbocycles. The predicted octanol–water partition coefficient (Wildman–Crippen LogP) is 3.37. The molecule has 0 radical (unpaired) electrons. The molecule has 0 spiro atoms. The number of amides is 2. The maximum absolute atomic E-state index is 12.1. The van der Waals surface area contributed by atoms with E-state index in [0.29, 0.717) is 12.8 Å². The molecule has 2 N–H and O–H groups in total. The number of rotatable bonds is 8. The van der Waals surface area contributed by atoms with E-state index in [1.54, 1.807) is 7.11 Å². The number of piperidine rings is 1. The van der Waals surface area contributed by atoms with Crippen molar-refractivity contribution in [2.45, 2.75) is 32.1 Å². The van der Waals surface area contributed by atoms with Crippen molar-refractivity contribution >= 4 is 23.2 Å². The molecule has 0 unspecified atom stereocenters. The summed E-state index contributed by atoms with van der Waals surface area (Å²) in [6.45, 7) is 2.14. The lowest BCUT2D eigenvalue weighted by atomic mass is 10.1. The highest BCUT2D eigenvalue weighted by atomic mass is 16.5. The van der Waals surface area contributed by atoms with Crippen molar-refractivity contribution in [3.63, 3.8) is 0 Å². The van der Waals surface area contributed by atoms with Crippen molar-refractivity contribution in [2.75, 3.05) is 37.0 Å². The molecule has 6 nitrogen and oxygen atoms in total. The predicted molar refractivity (Wildman–Crippen MR) is 115 cm³/mol. The molecule has 3 rings (SSSR count). The summed E-state index contributed by atoms with van der Waals surface area (Å²) >= 11 is 0. The number of carbonyl (C=O) groups is 2. The van der Waals surface area contributed by atoms with Gasteiger partial charge in [-0.05, 0) is 67.6 Å². The first-order chi connectivity index (χ1) is 14.1. The molecular formula is C23H29N3O3. The topological polar surface area (TPSA) is 70.7 Å². The van der Waals surface area contributed by atoms with Crippen molar-refractivity contribution in [1.29, 1.82) is 0 Å². The van der Waals surface area contributed by atoms with Gasteiger partial charge in [-0.25, -0.2) is 0 Å². The van der Waals surface area contributed by atoms with Crippen LogP contribution in [0.2, 0.25) is 0 Å². The number of carbonyl (C=O) groups excluding carboxylic acids is 2. The molecule has 2 aromatic carbocycles. The summed E-state index contributed by atoms with van der Waals surface area (Å²) in [7, 11) is 1.62. The van der Waals surface area contributed by atoms with E-state index in [2.05, 4.69) is 15.5 Å². The monoisotopic (exact) mass is 395 g/mol. The van der Waals surface area contributed by atoms with E-state index in [1.807, 2.05) is 48.5 Å². The van der Waals surface area contributed by atoms with Crippen LogP contribution < -0.4 is 20.3 Å². The summed E-state index contributed by atoms with van der Waals surface area (Å²) in [5.74, 6) is 0.391. The smallest absolute Gasteiger partial charge is 0.243 e. The van der Waals surface area contributed by atoms with Crippen molar-refractivity contribution in [2.24, 2.45) is 0 Å². The van der Waals surface area contributed by atoms with Crippen LogP contribution in [0, 0.1) is 0 Å². The number of nitrogens with one attached hydrogen (secondary N) is 2. The third-order valence-electron chi connectivity index (χ3n) is 5.09. The third-order valence-corrected chi connectivity index (χ3v) is 5.09. The second-order valence-corrected chi connectivity index (χ2v) is 7.27. The van der Waals surface area contributed by atoms with E-state index in [0.717, 1.165) is 30.1 Å². The minimum absolute atomic E-state index is 0.0369. The quantitative estimate of drug-likeness (QED) is 0.719. The number of nitrogens with zero attached hydrogens (tertiary/aromatic N) is 1. The molecule has 0 atom stereocenters. The minimum atomic E-state index is -0.231. The molecule has 0 bridgehead atoms. The molecule has 1 fully saturated rings. The van der Waals surface area contributed by atoms with Crippen LogP contribution in [0.4, 0.5) is 11.4 Å². The van der Waals surface area contributed by atoms with Gasteiger partial charge in [0.05, 0.1) is 13.7 Å². The van der Waals surface area contributed by atoms with Gasteiger partial charge in [-0.3, -0.25) is 9.59 Å². The molecule has 6 heteroatoms. The van der Waals surface area contributed by atoms with Gasteiger partial charge in [0, 0.05) is 30.9 Å². The molecule has 0 aliphatic carbocycles. The first-order valence-corrected chi connectivity index (χ1v) is 10.2. The van der Waals surface area contributed by atoms with E-state index in [9.17, 15) is 9.59 Å². The summed E-state index contributed by atoms with van der Waals surface area (Å²) in [6, 6.07) is 15.5. The lowest BCUT2D eigenvalue weighted by Gasteiger charge is -2.28. The van der Waals surface area contributed by atoms with E-state index >= 15 is 0 Å². The van der Waals surface area contributed by atoms with Gasteiger partial charge in [-0.15, -0.1) is 0 Å². The zero-order valence-electron chi connectivity index (χ0n) is 16.9. The Bertz CT molecular complexity index is 814. The van der Waals surface area contributed by atoms with Crippen LogP contribution in [-0.2, 0) is 16.0 Å². The number of hydrogen-bond donors (Lipinski definition) is 2. The van der Waals surface area contributed by atoms with Crippen LogP contribution in [0.1, 0.15) is 31.2 Å². The minimum Gasteiger partial charge on any atom is -0.497 e. The number of ether oxygens (including phenoxy) is 1. The summed E-state index contributed by atoms with van der Waals surface area (Å²) < 4.78 is 5.18. The Morgan fingerprint density at radius 2 is 1.76 bits per heavy atom. The molecule has 1 aliphatic rings. The van der Waals surface area contributed by atoms with Crippen LogP contribution in [-0.4, -0.2) is 38.6 Å². The molecule has 0 aromatic heterocycles. The maximum atomic E-state index is 12.1. The van der Waals surface area contributed by atoms with Crippen LogP contribution >= 0.6 is 0 Å². The van der Waals surface area contributed by atoms with Gasteiger partial charge in [0.1, 0.15) is 5.75 Å². The second kappa shape index (κ2) is 10.5. The van der Waals surface area contributed by atoms with Gasteiger partial charge in [0.25, 0.3) is 0 Å². The Balaban J connectivity index is 1.39. The van der Waals surface area contributed by atoms with Crippen molar-refractivity contribution in [3.05, 3.63) is 54.1 Å². The lowest BCUT2D eigenvalue weighted by molar-refractivity contribution is -0.124. The fraction of sp³-hybridized carbons (Fsp3) is 0.391. The second-order valence-electron chi connectivity index (χ2n) is 7.27. The summed E-state index contributed by atoms with van der Waals surface area (Å²) in [5, 5.41) is 5.50. The highest BCUT2D eigenvalue weighted by Gasteiger charge is 2.11. The molecule has 1 saturated heterocycles. The third kappa shape index (κ3) is 6.52. The first-order valence-electron chi connectivity index (χ1n) is 10.2. The molecule has 1 aliphatic heterocycles. The summed E-state index contributed by atoms with van der Waals surface area (Å²) in [6.07, 6.45) is 4.69. The van der Waals surface area contributed by atoms with Gasteiger partial charge in [-0.1, -0.05) is 12.1 Å². The van der Waals surface area contributed by atoms with Crippen LogP contribution in [0.3, 0.4) is 0 Å². The van der Waals surface area contributed by atoms with E-state index in [4.69, 9.17) is 4.74 Å². The fourth-order valence-corrected chi connectivity index (χ4v) is 3.47. The normalized spacial score (nSPS) is 13.6. The van der Waals surface area contributed by atoms with Crippen molar-refractivity contribution in [1.82, 2.24) is 5.32 Å². The molecule has 2 amide bonds. The average Bonchev–Trinajstić information content (AvgIpc) is 2.77. The molecule has 29 heavy (non-hydrogen) atoms. The highest BCUT2D eigenvalue weighted by molar-refractivity contribution is 5.94. The highest BCUT2D eigenvalue weighted by Crippen LogP contribution is 2.21. The van der Waals surface area contributed by atoms with Crippen molar-refractivity contribution in [3.8, 4) is 5.75 Å². The Morgan fingerprint density at radius 3 is 2.48 bits per heavy atom. The van der Waals surface area contributed by atoms with Crippen LogP contribution in [0.25, 0.3) is 0 Å². The standard InChI is InChI=1S/C23H29N3O3/c1-29-21-7-5-6-18(16-21)8-13-22(27)24-17-23(28)25-19-9-11-20(12-10-19)26-14-3-2-4-15-26/h5-7,9-12,16H,2-4,8,13-15,17H2,1H3,(H,24,27)(H,25,28). The Kier molecular flexibility index (Phi) is 7.50. The van der Waals surface area contributed by atoms with Gasteiger partial charge >= 0.3 is 0 Å². The Hall–Kier alpha value is -3.02. The van der Waals surface area contributed by atoms with Gasteiger partial charge < -0.3 is 20.3 Å². The molecule has 1 heterocycles. The molecular weight excluding hydrogens is 366 g/mol. The summed E-state index contributed by atoms with van der Waals surface area (Å²) in [5.41, 5.74) is 2.95. The SMILES string of the molecule is COc1cccc(CCC(=O)NCC(=O)Nc2ccc(N3CCCCC3)cc2)c1. The van der Waals surface area contributed by atoms with Crippen LogP contribution in [0.5, 0.6) is 5.75 Å². The first kappa shape index (κ1) is 20.7. The average molecular weight is 396 g/mol. The number of hydrogen-bond acceptors (Lipinski definition) is 4. The molecule has 2 aromatic rings.